The summed E-state index contributed by atoms with van der Waals surface area (Å²) in [5.41, 5.74) is -0.980. The molecule has 1 saturated heterocycles. The molecule has 6 heteroatoms. The van der Waals surface area contributed by atoms with E-state index in [4.69, 9.17) is 14.7 Å². The molecule has 1 heterocycles. The molecule has 1 fully saturated rings. The van der Waals surface area contributed by atoms with Crippen LogP contribution >= 0.6 is 0 Å². The lowest BCUT2D eigenvalue weighted by molar-refractivity contribution is -0.276. The molecule has 0 unspecified atom stereocenters. The van der Waals surface area contributed by atoms with Crippen molar-refractivity contribution < 1.29 is 24.3 Å². The number of carbonyl (C=O) groups is 2. The minimum atomic E-state index is -1.26. The molecule has 164 valence electrons. The van der Waals surface area contributed by atoms with Crippen molar-refractivity contribution in [3.05, 3.63) is 0 Å². The number of unbranched alkanes of at least 4 members (excludes halogenated alkanes) is 8. The third-order valence-electron chi connectivity index (χ3n) is 5.50. The molecule has 1 N–H and O–H groups in total. The zero-order chi connectivity index (χ0) is 21.2. The Labute approximate surface area is 170 Å². The van der Waals surface area contributed by atoms with Crippen molar-refractivity contribution in [1.82, 2.24) is 5.06 Å². The Balaban J connectivity index is 2.35. The van der Waals surface area contributed by atoms with Crippen LogP contribution in [-0.4, -0.2) is 39.5 Å². The normalized spacial score (nSPS) is 19.3. The average Bonchev–Trinajstić information content (AvgIpc) is 2.55. The van der Waals surface area contributed by atoms with Crippen molar-refractivity contribution in [3.8, 4) is 0 Å². The van der Waals surface area contributed by atoms with Crippen LogP contribution in [0.15, 0.2) is 0 Å². The van der Waals surface area contributed by atoms with E-state index in [1.54, 1.807) is 5.06 Å². The molecule has 6 nitrogen and oxygen atoms in total. The standard InChI is InChI=1S/C22H41NO5/c1-6-7-8-9-10-11-12-13-14-15-19(24)28-23-21(2,3)16-18(27-20(25)26)17-22(23,4)5/h18H,6-17H2,1-5H3,(H,25,26). The van der Waals surface area contributed by atoms with E-state index in [-0.39, 0.29) is 5.97 Å². The van der Waals surface area contributed by atoms with Gasteiger partial charge in [0.1, 0.15) is 6.10 Å². The fourth-order valence-electron chi connectivity index (χ4n) is 4.37. The molecule has 0 aromatic carbocycles. The van der Waals surface area contributed by atoms with Gasteiger partial charge in [-0.15, -0.1) is 5.06 Å². The van der Waals surface area contributed by atoms with Crippen LogP contribution in [0.5, 0.6) is 0 Å². The first-order valence-corrected chi connectivity index (χ1v) is 11.0. The molecule has 0 aromatic heterocycles. The molecule has 0 aromatic rings. The summed E-state index contributed by atoms with van der Waals surface area (Å²) in [6.45, 7) is 10.1. The Hall–Kier alpha value is -1.30. The van der Waals surface area contributed by atoms with Crippen molar-refractivity contribution in [1.29, 1.82) is 0 Å². The number of ether oxygens (including phenoxy) is 1. The Kier molecular flexibility index (Phi) is 10.3. The minimum Gasteiger partial charge on any atom is -0.450 e. The first kappa shape index (κ1) is 24.7. The SMILES string of the molecule is CCCCCCCCCCCC(=O)ON1C(C)(C)CC(OC(=O)O)CC1(C)C. The molecule has 0 spiro atoms. The predicted molar refractivity (Wildman–Crippen MR) is 110 cm³/mol. The van der Waals surface area contributed by atoms with E-state index in [2.05, 4.69) is 6.92 Å². The topological polar surface area (TPSA) is 76.1 Å². The number of hydroxylamine groups is 2. The van der Waals surface area contributed by atoms with Crippen molar-refractivity contribution >= 4 is 12.1 Å². The van der Waals surface area contributed by atoms with Crippen LogP contribution in [0, 0.1) is 0 Å². The molecule has 0 bridgehead atoms. The first-order valence-electron chi connectivity index (χ1n) is 11.0. The highest BCUT2D eigenvalue weighted by molar-refractivity contribution is 5.69. The highest BCUT2D eigenvalue weighted by Crippen LogP contribution is 2.40. The summed E-state index contributed by atoms with van der Waals surface area (Å²) < 4.78 is 5.00. The highest BCUT2D eigenvalue weighted by atomic mass is 16.7. The van der Waals surface area contributed by atoms with Crippen LogP contribution in [0.25, 0.3) is 0 Å². The largest absolute Gasteiger partial charge is 0.506 e. The van der Waals surface area contributed by atoms with Crippen molar-refractivity contribution in [2.75, 3.05) is 0 Å². The summed E-state index contributed by atoms with van der Waals surface area (Å²) in [7, 11) is 0. The van der Waals surface area contributed by atoms with Gasteiger partial charge in [0.2, 0.25) is 0 Å². The summed E-state index contributed by atoms with van der Waals surface area (Å²) in [4.78, 5) is 29.0. The Morgan fingerprint density at radius 2 is 1.36 bits per heavy atom. The van der Waals surface area contributed by atoms with Crippen molar-refractivity contribution in [2.45, 2.75) is 129 Å². The van der Waals surface area contributed by atoms with Crippen LogP contribution in [0.3, 0.4) is 0 Å². The summed E-state index contributed by atoms with van der Waals surface area (Å²) in [5.74, 6) is -0.207. The second-order valence-corrected chi connectivity index (χ2v) is 9.37. The fraction of sp³-hybridized carbons (Fsp3) is 0.909. The molecule has 1 rings (SSSR count). The van der Waals surface area contributed by atoms with E-state index in [0.29, 0.717) is 19.3 Å². The molecular formula is C22H41NO5. The number of hydrogen-bond donors (Lipinski definition) is 1. The first-order chi connectivity index (χ1) is 13.1. The predicted octanol–water partition coefficient (Wildman–Crippen LogP) is 6.08. The smallest absolute Gasteiger partial charge is 0.450 e. The van der Waals surface area contributed by atoms with E-state index in [1.165, 1.54) is 44.9 Å². The van der Waals surface area contributed by atoms with Crippen LogP contribution < -0.4 is 0 Å². The Morgan fingerprint density at radius 3 is 1.82 bits per heavy atom. The van der Waals surface area contributed by atoms with Gasteiger partial charge < -0.3 is 14.7 Å². The number of rotatable bonds is 12. The maximum Gasteiger partial charge on any atom is 0.506 e. The van der Waals surface area contributed by atoms with E-state index in [1.807, 2.05) is 27.7 Å². The molecular weight excluding hydrogens is 358 g/mol. The van der Waals surface area contributed by atoms with E-state index >= 15 is 0 Å². The van der Waals surface area contributed by atoms with Gasteiger partial charge in [0.05, 0.1) is 11.1 Å². The minimum absolute atomic E-state index is 0.207. The summed E-state index contributed by atoms with van der Waals surface area (Å²) >= 11 is 0. The second-order valence-electron chi connectivity index (χ2n) is 9.37. The van der Waals surface area contributed by atoms with Gasteiger partial charge in [0, 0.05) is 19.3 Å². The van der Waals surface area contributed by atoms with Crippen LogP contribution in [0.4, 0.5) is 4.79 Å². The van der Waals surface area contributed by atoms with E-state index < -0.39 is 23.3 Å². The van der Waals surface area contributed by atoms with Gasteiger partial charge in [0.15, 0.2) is 0 Å². The maximum atomic E-state index is 12.4. The van der Waals surface area contributed by atoms with Gasteiger partial charge in [0.25, 0.3) is 0 Å². The van der Waals surface area contributed by atoms with Gasteiger partial charge in [-0.25, -0.2) is 4.79 Å². The molecule has 0 aliphatic carbocycles. The molecule has 1 aliphatic heterocycles. The number of carbonyl (C=O) groups excluding carboxylic acids is 1. The number of piperidine rings is 1. The molecule has 1 aliphatic rings. The third kappa shape index (κ3) is 8.80. The molecule has 0 amide bonds. The highest BCUT2D eigenvalue weighted by Gasteiger charge is 2.49. The van der Waals surface area contributed by atoms with Gasteiger partial charge >= 0.3 is 12.1 Å². The van der Waals surface area contributed by atoms with E-state index in [9.17, 15) is 9.59 Å². The van der Waals surface area contributed by atoms with Crippen molar-refractivity contribution in [3.63, 3.8) is 0 Å². The van der Waals surface area contributed by atoms with Gasteiger partial charge in [-0.05, 0) is 34.1 Å². The monoisotopic (exact) mass is 399 g/mol. The lowest BCUT2D eigenvalue weighted by Crippen LogP contribution is -2.62. The van der Waals surface area contributed by atoms with Gasteiger partial charge in [-0.1, -0.05) is 58.3 Å². The zero-order valence-corrected chi connectivity index (χ0v) is 18.6. The lowest BCUT2D eigenvalue weighted by atomic mass is 9.80. The van der Waals surface area contributed by atoms with Gasteiger partial charge in [-0.2, -0.15) is 0 Å². The number of nitrogens with zero attached hydrogens (tertiary/aromatic N) is 1. The van der Waals surface area contributed by atoms with Crippen LogP contribution in [0.2, 0.25) is 0 Å². The summed E-state index contributed by atoms with van der Waals surface area (Å²) in [5, 5.41) is 10.7. The van der Waals surface area contributed by atoms with Crippen LogP contribution in [0.1, 0.15) is 112 Å². The maximum absolute atomic E-state index is 12.4. The van der Waals surface area contributed by atoms with E-state index in [0.717, 1.165) is 12.8 Å². The molecule has 0 saturated carbocycles. The summed E-state index contributed by atoms with van der Waals surface area (Å²) in [6.07, 6.45) is 10.7. The zero-order valence-electron chi connectivity index (χ0n) is 18.6. The van der Waals surface area contributed by atoms with Crippen LogP contribution in [-0.2, 0) is 14.4 Å². The fourth-order valence-corrected chi connectivity index (χ4v) is 4.37. The number of carboxylic acid groups (broad SMARTS) is 1. The Morgan fingerprint density at radius 1 is 0.893 bits per heavy atom. The summed E-state index contributed by atoms with van der Waals surface area (Å²) in [6, 6.07) is 0. The second kappa shape index (κ2) is 11.6. The molecule has 28 heavy (non-hydrogen) atoms. The Bertz CT molecular complexity index is 471. The average molecular weight is 400 g/mol. The third-order valence-corrected chi connectivity index (χ3v) is 5.50. The van der Waals surface area contributed by atoms with Crippen molar-refractivity contribution in [2.24, 2.45) is 0 Å². The quantitative estimate of drug-likeness (QED) is 0.316. The molecule has 0 radical (unpaired) electrons. The van der Waals surface area contributed by atoms with Gasteiger partial charge in [-0.3, -0.25) is 4.79 Å². The molecule has 0 atom stereocenters. The number of hydrogen-bond acceptors (Lipinski definition) is 5. The lowest BCUT2D eigenvalue weighted by Gasteiger charge is -2.52.